The largest absolute Gasteiger partial charge is 0.329 e. The fraction of sp³-hybridized carbons (Fsp3) is 0.611. The molecule has 0 spiro atoms. The minimum atomic E-state index is 0. The fourth-order valence-electron chi connectivity index (χ4n) is 3.96. The molecule has 23 heavy (non-hydrogen) atoms. The molecule has 0 saturated carbocycles. The van der Waals surface area contributed by atoms with Crippen molar-refractivity contribution in [3.05, 3.63) is 29.8 Å². The molecule has 2 aliphatic heterocycles. The number of amides is 1. The summed E-state index contributed by atoms with van der Waals surface area (Å²) in [6, 6.07) is 8.64. The number of halogens is 1. The number of nitrogens with two attached hydrogens (primary N) is 1. The molecule has 2 heterocycles. The summed E-state index contributed by atoms with van der Waals surface area (Å²) in [5.41, 5.74) is 8.35. The van der Waals surface area contributed by atoms with Crippen LogP contribution >= 0.6 is 12.4 Å². The van der Waals surface area contributed by atoms with Gasteiger partial charge in [0.2, 0.25) is 5.91 Å². The summed E-state index contributed by atoms with van der Waals surface area (Å²) in [5, 5.41) is 0. The lowest BCUT2D eigenvalue weighted by molar-refractivity contribution is -0.121. The van der Waals surface area contributed by atoms with Gasteiger partial charge in [-0.3, -0.25) is 9.69 Å². The molecule has 0 bridgehead atoms. The minimum Gasteiger partial charge on any atom is -0.329 e. The Balaban J connectivity index is 0.00000192. The van der Waals surface area contributed by atoms with Crippen molar-refractivity contribution in [1.82, 2.24) is 4.90 Å². The minimum absolute atomic E-state index is 0. The van der Waals surface area contributed by atoms with Crippen LogP contribution in [0.15, 0.2) is 24.3 Å². The number of hydrogen-bond donors (Lipinski definition) is 1. The molecule has 1 aromatic rings. The molecule has 2 atom stereocenters. The van der Waals surface area contributed by atoms with E-state index in [4.69, 9.17) is 5.73 Å². The average molecular weight is 338 g/mol. The lowest BCUT2D eigenvalue weighted by Gasteiger charge is -2.40. The van der Waals surface area contributed by atoms with E-state index in [1.807, 2.05) is 11.0 Å². The van der Waals surface area contributed by atoms with Gasteiger partial charge in [-0.15, -0.1) is 12.4 Å². The normalized spacial score (nSPS) is 24.7. The van der Waals surface area contributed by atoms with E-state index in [-0.39, 0.29) is 18.3 Å². The summed E-state index contributed by atoms with van der Waals surface area (Å²) in [7, 11) is 0. The number of carbonyl (C=O) groups excluding carboxylic acids is 1. The van der Waals surface area contributed by atoms with Crippen LogP contribution in [-0.2, 0) is 11.2 Å². The average Bonchev–Trinajstić information content (AvgIpc) is 2.54. The zero-order chi connectivity index (χ0) is 15.5. The molecule has 3 rings (SSSR count). The zero-order valence-corrected chi connectivity index (χ0v) is 14.7. The van der Waals surface area contributed by atoms with Gasteiger partial charge in [-0.2, -0.15) is 0 Å². The number of fused-ring (bicyclic) bond motifs is 1. The fourth-order valence-corrected chi connectivity index (χ4v) is 3.96. The number of likely N-dealkylation sites (tertiary alicyclic amines) is 1. The van der Waals surface area contributed by atoms with Gasteiger partial charge in [0, 0.05) is 24.8 Å². The van der Waals surface area contributed by atoms with Crippen LogP contribution in [0.4, 0.5) is 5.69 Å². The molecule has 2 unspecified atom stereocenters. The molecule has 1 amide bonds. The topological polar surface area (TPSA) is 49.6 Å². The van der Waals surface area contributed by atoms with Crippen molar-refractivity contribution >= 4 is 24.0 Å². The van der Waals surface area contributed by atoms with E-state index in [2.05, 4.69) is 30.0 Å². The van der Waals surface area contributed by atoms with E-state index >= 15 is 0 Å². The van der Waals surface area contributed by atoms with Crippen molar-refractivity contribution in [2.75, 3.05) is 31.1 Å². The number of para-hydroxylation sites is 1. The van der Waals surface area contributed by atoms with Crippen molar-refractivity contribution < 1.29 is 4.79 Å². The Morgan fingerprint density at radius 3 is 2.83 bits per heavy atom. The Labute approximate surface area is 145 Å². The predicted molar refractivity (Wildman–Crippen MR) is 97.2 cm³/mol. The SMILES string of the molecule is CC1CCCN(CC(=O)N2CCCc3ccccc32)C1CN.Cl. The van der Waals surface area contributed by atoms with Crippen molar-refractivity contribution in [1.29, 1.82) is 0 Å². The molecule has 0 aliphatic carbocycles. The molecule has 0 radical (unpaired) electrons. The van der Waals surface area contributed by atoms with Gasteiger partial charge >= 0.3 is 0 Å². The maximum Gasteiger partial charge on any atom is 0.241 e. The first-order valence-corrected chi connectivity index (χ1v) is 8.53. The summed E-state index contributed by atoms with van der Waals surface area (Å²) in [4.78, 5) is 17.1. The second kappa shape index (κ2) is 8.13. The Kier molecular flexibility index (Phi) is 6.45. The first kappa shape index (κ1) is 18.2. The maximum atomic E-state index is 12.8. The van der Waals surface area contributed by atoms with Crippen LogP contribution in [0.5, 0.6) is 0 Å². The molecule has 1 fully saturated rings. The predicted octanol–water partition coefficient (Wildman–Crippen LogP) is 2.45. The highest BCUT2D eigenvalue weighted by Gasteiger charge is 2.31. The van der Waals surface area contributed by atoms with Crippen LogP contribution in [0.1, 0.15) is 31.7 Å². The van der Waals surface area contributed by atoms with Crippen molar-refractivity contribution in [3.63, 3.8) is 0 Å². The molecular weight excluding hydrogens is 310 g/mol. The first-order valence-electron chi connectivity index (χ1n) is 8.53. The molecule has 2 aliphatic rings. The molecule has 0 aromatic heterocycles. The lowest BCUT2D eigenvalue weighted by atomic mass is 9.91. The van der Waals surface area contributed by atoms with Gasteiger partial charge in [0.1, 0.15) is 0 Å². The standard InChI is InChI=1S/C18H27N3O.ClH/c1-14-6-4-10-20(17(14)12-19)13-18(22)21-11-5-8-15-7-2-3-9-16(15)21;/h2-3,7,9,14,17H,4-6,8,10-13,19H2,1H3;1H. The summed E-state index contributed by atoms with van der Waals surface area (Å²) in [6.07, 6.45) is 4.52. The number of hydrogen-bond acceptors (Lipinski definition) is 3. The van der Waals surface area contributed by atoms with Crippen LogP contribution in [0.3, 0.4) is 0 Å². The van der Waals surface area contributed by atoms with Crippen LogP contribution in [0, 0.1) is 5.92 Å². The van der Waals surface area contributed by atoms with Crippen LogP contribution < -0.4 is 10.6 Å². The highest BCUT2D eigenvalue weighted by atomic mass is 35.5. The third-order valence-corrected chi connectivity index (χ3v) is 5.22. The molecular formula is C18H28ClN3O. The Hall–Kier alpha value is -1.10. The monoisotopic (exact) mass is 337 g/mol. The highest BCUT2D eigenvalue weighted by molar-refractivity contribution is 5.96. The number of piperidine rings is 1. The first-order chi connectivity index (χ1) is 10.7. The van der Waals surface area contributed by atoms with E-state index in [1.165, 1.54) is 18.4 Å². The number of aryl methyl sites for hydroxylation is 1. The van der Waals surface area contributed by atoms with E-state index in [0.717, 1.165) is 31.6 Å². The second-order valence-corrected chi connectivity index (χ2v) is 6.67. The lowest BCUT2D eigenvalue weighted by Crippen LogP contribution is -2.53. The Bertz CT molecular complexity index is 537. The summed E-state index contributed by atoms with van der Waals surface area (Å²) < 4.78 is 0. The summed E-state index contributed by atoms with van der Waals surface area (Å²) in [6.45, 7) is 5.23. The molecule has 5 heteroatoms. The van der Waals surface area contributed by atoms with Gasteiger partial charge < -0.3 is 10.6 Å². The van der Waals surface area contributed by atoms with Gasteiger partial charge in [0.15, 0.2) is 0 Å². The Morgan fingerprint density at radius 1 is 1.26 bits per heavy atom. The smallest absolute Gasteiger partial charge is 0.241 e. The number of anilines is 1. The van der Waals surface area contributed by atoms with Crippen LogP contribution in [-0.4, -0.2) is 43.0 Å². The van der Waals surface area contributed by atoms with Gasteiger partial charge in [0.05, 0.1) is 6.54 Å². The third-order valence-electron chi connectivity index (χ3n) is 5.22. The zero-order valence-electron chi connectivity index (χ0n) is 13.9. The molecule has 2 N–H and O–H groups in total. The van der Waals surface area contributed by atoms with E-state index < -0.39 is 0 Å². The molecule has 128 valence electrons. The number of nitrogens with zero attached hydrogens (tertiary/aromatic N) is 2. The van der Waals surface area contributed by atoms with Crippen LogP contribution in [0.2, 0.25) is 0 Å². The molecule has 4 nitrogen and oxygen atoms in total. The van der Waals surface area contributed by atoms with E-state index in [0.29, 0.717) is 25.0 Å². The number of carbonyl (C=O) groups is 1. The third kappa shape index (κ3) is 3.87. The van der Waals surface area contributed by atoms with Crippen LogP contribution in [0.25, 0.3) is 0 Å². The quantitative estimate of drug-likeness (QED) is 0.921. The van der Waals surface area contributed by atoms with Gasteiger partial charge in [-0.05, 0) is 49.8 Å². The summed E-state index contributed by atoms with van der Waals surface area (Å²) >= 11 is 0. The van der Waals surface area contributed by atoms with Crippen molar-refractivity contribution in [2.45, 2.75) is 38.6 Å². The number of rotatable bonds is 3. The van der Waals surface area contributed by atoms with Gasteiger partial charge in [0.25, 0.3) is 0 Å². The van der Waals surface area contributed by atoms with Crippen molar-refractivity contribution in [3.8, 4) is 0 Å². The van der Waals surface area contributed by atoms with Crippen molar-refractivity contribution in [2.24, 2.45) is 11.7 Å². The van der Waals surface area contributed by atoms with Gasteiger partial charge in [-0.1, -0.05) is 25.1 Å². The Morgan fingerprint density at radius 2 is 2.04 bits per heavy atom. The highest BCUT2D eigenvalue weighted by Crippen LogP contribution is 2.28. The second-order valence-electron chi connectivity index (χ2n) is 6.67. The molecule has 1 saturated heterocycles. The maximum absolute atomic E-state index is 12.8. The van der Waals surface area contributed by atoms with E-state index in [9.17, 15) is 4.79 Å². The number of benzene rings is 1. The summed E-state index contributed by atoms with van der Waals surface area (Å²) in [5.74, 6) is 0.805. The van der Waals surface area contributed by atoms with E-state index in [1.54, 1.807) is 0 Å². The molecule has 1 aromatic carbocycles. The van der Waals surface area contributed by atoms with Gasteiger partial charge in [-0.25, -0.2) is 0 Å².